The number of rotatable bonds is 2. The van der Waals surface area contributed by atoms with Crippen LogP contribution in [0.3, 0.4) is 0 Å². The van der Waals surface area contributed by atoms with Crippen LogP contribution in [0.4, 0.5) is 10.1 Å². The number of carbonyl (C=O) groups excluding carboxylic acids is 1. The largest absolute Gasteiger partial charge is 0.378 e. The summed E-state index contributed by atoms with van der Waals surface area (Å²) in [5.74, 6) is 0.335. The van der Waals surface area contributed by atoms with E-state index in [2.05, 4.69) is 5.32 Å². The highest BCUT2D eigenvalue weighted by molar-refractivity contribution is 5.87. The molecule has 3 atom stereocenters. The normalized spacial score (nSPS) is 30.0. The van der Waals surface area contributed by atoms with Crippen molar-refractivity contribution in [3.05, 3.63) is 29.6 Å². The van der Waals surface area contributed by atoms with Crippen molar-refractivity contribution in [1.29, 1.82) is 0 Å². The second kappa shape index (κ2) is 6.92. The average molecular weight is 347 g/mol. The first kappa shape index (κ1) is 16.8. The summed E-state index contributed by atoms with van der Waals surface area (Å²) in [6.07, 6.45) is 4.45. The molecule has 25 heavy (non-hydrogen) atoms. The molecule has 0 aliphatic carbocycles. The van der Waals surface area contributed by atoms with E-state index in [1.165, 1.54) is 6.07 Å². The highest BCUT2D eigenvalue weighted by Crippen LogP contribution is 2.31. The lowest BCUT2D eigenvalue weighted by Crippen LogP contribution is -2.48. The third-order valence-corrected chi connectivity index (χ3v) is 5.89. The molecule has 1 aromatic carbocycles. The molecule has 4 rings (SSSR count). The molecule has 1 amide bonds. The number of halogens is 1. The van der Waals surface area contributed by atoms with Gasteiger partial charge in [0.05, 0.1) is 6.10 Å². The van der Waals surface area contributed by atoms with E-state index in [0.29, 0.717) is 17.9 Å². The molecule has 6 heteroatoms. The number of nitrogens with zero attached hydrogens (tertiary/aromatic N) is 1. The van der Waals surface area contributed by atoms with Gasteiger partial charge in [-0.2, -0.15) is 0 Å². The molecule has 1 aromatic rings. The molecule has 0 spiro atoms. The number of fused-ring (bicyclic) bond motifs is 1. The van der Waals surface area contributed by atoms with Crippen LogP contribution in [0.25, 0.3) is 0 Å². The van der Waals surface area contributed by atoms with Gasteiger partial charge in [0.1, 0.15) is 11.9 Å². The maximum Gasteiger partial charge on any atom is 0.245 e. The maximum absolute atomic E-state index is 13.9. The minimum absolute atomic E-state index is 0.0790. The predicted molar refractivity (Wildman–Crippen MR) is 93.8 cm³/mol. The van der Waals surface area contributed by atoms with Crippen LogP contribution in [-0.2, 0) is 16.0 Å². The van der Waals surface area contributed by atoms with Crippen molar-refractivity contribution in [3.8, 4) is 0 Å². The standard InChI is InChI=1S/C19H26FN3O2/c20-15-2-1-3-16-14(15)11-17(22-16)19(24)23-7-4-12(5-8-23)18-10-13(21)6-9-25-18/h1-3,12-13,17-18,22H,4-11,21H2. The third-order valence-electron chi connectivity index (χ3n) is 5.89. The van der Waals surface area contributed by atoms with Crippen molar-refractivity contribution >= 4 is 11.6 Å². The second-order valence-electron chi connectivity index (χ2n) is 7.52. The summed E-state index contributed by atoms with van der Waals surface area (Å²) in [4.78, 5) is 14.7. The minimum Gasteiger partial charge on any atom is -0.378 e. The number of anilines is 1. The van der Waals surface area contributed by atoms with Crippen LogP contribution in [0.15, 0.2) is 18.2 Å². The van der Waals surface area contributed by atoms with Gasteiger partial charge >= 0.3 is 0 Å². The number of nitrogens with two attached hydrogens (primary N) is 1. The fourth-order valence-electron chi connectivity index (χ4n) is 4.39. The molecule has 3 aliphatic heterocycles. The van der Waals surface area contributed by atoms with Gasteiger partial charge in [0.15, 0.2) is 0 Å². The number of carbonyl (C=O) groups is 1. The van der Waals surface area contributed by atoms with Crippen molar-refractivity contribution in [2.24, 2.45) is 11.7 Å². The molecule has 2 saturated heterocycles. The Morgan fingerprint density at radius 2 is 2.08 bits per heavy atom. The number of hydrogen-bond donors (Lipinski definition) is 2. The van der Waals surface area contributed by atoms with Crippen molar-refractivity contribution < 1.29 is 13.9 Å². The number of hydrogen-bond acceptors (Lipinski definition) is 4. The molecule has 3 aliphatic rings. The number of benzene rings is 1. The van der Waals surface area contributed by atoms with Crippen molar-refractivity contribution in [3.63, 3.8) is 0 Å². The Bertz CT molecular complexity index is 646. The van der Waals surface area contributed by atoms with Crippen LogP contribution in [0.5, 0.6) is 0 Å². The van der Waals surface area contributed by atoms with Gasteiger partial charge in [-0.15, -0.1) is 0 Å². The fourth-order valence-corrected chi connectivity index (χ4v) is 4.39. The van der Waals surface area contributed by atoms with Crippen LogP contribution >= 0.6 is 0 Å². The predicted octanol–water partition coefficient (Wildman–Crippen LogP) is 1.91. The van der Waals surface area contributed by atoms with E-state index in [4.69, 9.17) is 10.5 Å². The monoisotopic (exact) mass is 347 g/mol. The van der Waals surface area contributed by atoms with Crippen LogP contribution in [0.1, 0.15) is 31.2 Å². The highest BCUT2D eigenvalue weighted by atomic mass is 19.1. The first-order valence-electron chi connectivity index (χ1n) is 9.31. The summed E-state index contributed by atoms with van der Waals surface area (Å²) in [6, 6.07) is 4.86. The molecule has 0 bridgehead atoms. The van der Waals surface area contributed by atoms with Gasteiger partial charge in [0.2, 0.25) is 5.91 Å². The average Bonchev–Trinajstić information content (AvgIpc) is 3.07. The maximum atomic E-state index is 13.9. The summed E-state index contributed by atoms with van der Waals surface area (Å²) in [5.41, 5.74) is 7.43. The SMILES string of the molecule is NC1CCOC(C2CCN(C(=O)C3Cc4c(F)cccc4N3)CC2)C1. The van der Waals surface area contributed by atoms with Gasteiger partial charge in [0.25, 0.3) is 0 Å². The molecule has 136 valence electrons. The molecule has 0 aromatic heterocycles. The highest BCUT2D eigenvalue weighted by Gasteiger charge is 2.36. The van der Waals surface area contributed by atoms with Gasteiger partial charge in [-0.3, -0.25) is 4.79 Å². The smallest absolute Gasteiger partial charge is 0.245 e. The van der Waals surface area contributed by atoms with E-state index in [0.717, 1.165) is 51.1 Å². The molecule has 0 radical (unpaired) electrons. The summed E-state index contributed by atoms with van der Waals surface area (Å²) in [6.45, 7) is 2.24. The minimum atomic E-state index is -0.345. The summed E-state index contributed by atoms with van der Waals surface area (Å²) in [5, 5.41) is 3.18. The molecule has 0 saturated carbocycles. The zero-order chi connectivity index (χ0) is 17.4. The summed E-state index contributed by atoms with van der Waals surface area (Å²) >= 11 is 0. The summed E-state index contributed by atoms with van der Waals surface area (Å²) in [7, 11) is 0. The molecule has 5 nitrogen and oxygen atoms in total. The van der Waals surface area contributed by atoms with Gasteiger partial charge in [-0.25, -0.2) is 4.39 Å². The lowest BCUT2D eigenvalue weighted by Gasteiger charge is -2.39. The van der Waals surface area contributed by atoms with E-state index in [1.807, 2.05) is 11.0 Å². The molecular weight excluding hydrogens is 321 g/mol. The Hall–Kier alpha value is -1.66. The van der Waals surface area contributed by atoms with Gasteiger partial charge in [-0.1, -0.05) is 6.07 Å². The topological polar surface area (TPSA) is 67.6 Å². The van der Waals surface area contributed by atoms with Gasteiger partial charge in [-0.05, 0) is 43.7 Å². The first-order valence-corrected chi connectivity index (χ1v) is 9.31. The third kappa shape index (κ3) is 3.37. The van der Waals surface area contributed by atoms with Crippen molar-refractivity contribution in [2.75, 3.05) is 25.0 Å². The zero-order valence-corrected chi connectivity index (χ0v) is 14.4. The van der Waals surface area contributed by atoms with Crippen LogP contribution in [-0.4, -0.2) is 48.7 Å². The Labute approximate surface area is 147 Å². The molecule has 2 fully saturated rings. The van der Waals surface area contributed by atoms with Crippen LogP contribution < -0.4 is 11.1 Å². The lowest BCUT2D eigenvalue weighted by atomic mass is 9.86. The fraction of sp³-hybridized carbons (Fsp3) is 0.632. The number of piperidine rings is 1. The second-order valence-corrected chi connectivity index (χ2v) is 7.52. The van der Waals surface area contributed by atoms with E-state index < -0.39 is 0 Å². The number of nitrogens with one attached hydrogen (secondary N) is 1. The molecule has 3 heterocycles. The van der Waals surface area contributed by atoms with Crippen molar-refractivity contribution in [2.45, 2.75) is 50.3 Å². The van der Waals surface area contributed by atoms with Crippen molar-refractivity contribution in [1.82, 2.24) is 4.90 Å². The van der Waals surface area contributed by atoms with Crippen LogP contribution in [0.2, 0.25) is 0 Å². The first-order chi connectivity index (χ1) is 12.1. The Balaban J connectivity index is 1.32. The van der Waals surface area contributed by atoms with Gasteiger partial charge < -0.3 is 20.7 Å². The van der Waals surface area contributed by atoms with Crippen LogP contribution in [0, 0.1) is 11.7 Å². The lowest BCUT2D eigenvalue weighted by molar-refractivity contribution is -0.134. The Morgan fingerprint density at radius 1 is 1.28 bits per heavy atom. The number of ether oxygens (including phenoxy) is 1. The van der Waals surface area contributed by atoms with E-state index in [1.54, 1.807) is 6.07 Å². The van der Waals surface area contributed by atoms with E-state index in [9.17, 15) is 9.18 Å². The molecule has 3 unspecified atom stereocenters. The Kier molecular flexibility index (Phi) is 4.65. The number of amides is 1. The van der Waals surface area contributed by atoms with E-state index in [-0.39, 0.29) is 29.9 Å². The number of likely N-dealkylation sites (tertiary alicyclic amines) is 1. The van der Waals surface area contributed by atoms with Gasteiger partial charge in [0, 0.05) is 43.4 Å². The summed E-state index contributed by atoms with van der Waals surface area (Å²) < 4.78 is 19.8. The quantitative estimate of drug-likeness (QED) is 0.858. The Morgan fingerprint density at radius 3 is 2.80 bits per heavy atom. The van der Waals surface area contributed by atoms with E-state index >= 15 is 0 Å². The molecule has 3 N–H and O–H groups in total. The molecular formula is C19H26FN3O2. The zero-order valence-electron chi connectivity index (χ0n) is 14.4.